The van der Waals surface area contributed by atoms with Crippen LogP contribution in [-0.4, -0.2) is 31.8 Å². The number of primary sulfonamides is 1. The Morgan fingerprint density at radius 3 is 2.57 bits per heavy atom. The van der Waals surface area contributed by atoms with Crippen LogP contribution >= 0.6 is 0 Å². The maximum atomic E-state index is 12.7. The third-order valence-corrected chi connectivity index (χ3v) is 5.18. The Morgan fingerprint density at radius 1 is 1.29 bits per heavy atom. The van der Waals surface area contributed by atoms with Gasteiger partial charge in [0.05, 0.1) is 4.90 Å². The highest BCUT2D eigenvalue weighted by Gasteiger charge is 2.32. The van der Waals surface area contributed by atoms with Crippen molar-refractivity contribution in [1.29, 1.82) is 0 Å². The van der Waals surface area contributed by atoms with Gasteiger partial charge in [0.2, 0.25) is 10.0 Å². The van der Waals surface area contributed by atoms with E-state index < -0.39 is 10.0 Å². The summed E-state index contributed by atoms with van der Waals surface area (Å²) in [5.41, 5.74) is 0.370. The normalized spacial score (nSPS) is 26.7. The summed E-state index contributed by atoms with van der Waals surface area (Å²) in [7, 11) is -3.80. The third-order valence-electron chi connectivity index (χ3n) is 4.27. The molecule has 1 aliphatic rings. The number of carbonyl (C=O) groups excluding carboxylic acids is 1. The van der Waals surface area contributed by atoms with Crippen LogP contribution in [0.15, 0.2) is 29.2 Å². The number of hydrogen-bond acceptors (Lipinski definition) is 3. The van der Waals surface area contributed by atoms with Crippen LogP contribution in [0, 0.1) is 11.8 Å². The molecule has 3 unspecified atom stereocenters. The van der Waals surface area contributed by atoms with Gasteiger partial charge in [-0.15, -0.1) is 0 Å². The van der Waals surface area contributed by atoms with Crippen LogP contribution in [0.25, 0.3) is 0 Å². The van der Waals surface area contributed by atoms with Gasteiger partial charge < -0.3 is 4.90 Å². The molecule has 2 N–H and O–H groups in total. The molecule has 116 valence electrons. The number of amides is 1. The van der Waals surface area contributed by atoms with E-state index in [0.29, 0.717) is 23.9 Å². The number of hydrogen-bond donors (Lipinski definition) is 1. The van der Waals surface area contributed by atoms with Gasteiger partial charge in [0.1, 0.15) is 0 Å². The Bertz CT molecular complexity index is 642. The van der Waals surface area contributed by atoms with Gasteiger partial charge in [-0.3, -0.25) is 4.79 Å². The molecule has 1 aliphatic heterocycles. The van der Waals surface area contributed by atoms with Gasteiger partial charge in [-0.25, -0.2) is 13.6 Å². The predicted octanol–water partition coefficient (Wildman–Crippen LogP) is 1.84. The number of piperidine rings is 1. The van der Waals surface area contributed by atoms with Gasteiger partial charge in [-0.2, -0.15) is 0 Å². The first-order valence-corrected chi connectivity index (χ1v) is 8.68. The third kappa shape index (κ3) is 3.44. The lowest BCUT2D eigenvalue weighted by atomic mass is 9.85. The molecule has 0 aromatic heterocycles. The standard InChI is InChI=1S/C15H22N2O3S/c1-10-7-11(2)12(3)17(9-10)15(18)13-5-4-6-14(8-13)21(16,19)20/h4-6,8,10-12H,7,9H2,1-3H3,(H2,16,19,20). The lowest BCUT2D eigenvalue weighted by molar-refractivity contribution is 0.0455. The van der Waals surface area contributed by atoms with E-state index in [1.165, 1.54) is 12.1 Å². The SMILES string of the molecule is CC1CC(C)C(C)N(C(=O)c2cccc(S(N)(=O)=O)c2)C1. The van der Waals surface area contributed by atoms with E-state index in [2.05, 4.69) is 13.8 Å². The van der Waals surface area contributed by atoms with E-state index in [0.717, 1.165) is 6.42 Å². The second-order valence-corrected chi connectivity index (χ2v) is 7.65. The molecule has 2 rings (SSSR count). The van der Waals surface area contributed by atoms with Gasteiger partial charge in [-0.1, -0.05) is 19.9 Å². The Hall–Kier alpha value is -1.40. The number of nitrogens with zero attached hydrogens (tertiary/aromatic N) is 1. The molecule has 5 nitrogen and oxygen atoms in total. The average Bonchev–Trinajstić information content (AvgIpc) is 2.41. The molecule has 6 heteroatoms. The van der Waals surface area contributed by atoms with Crippen LogP contribution in [-0.2, 0) is 10.0 Å². The van der Waals surface area contributed by atoms with Crippen molar-refractivity contribution in [2.24, 2.45) is 17.0 Å². The van der Waals surface area contributed by atoms with Crippen LogP contribution < -0.4 is 5.14 Å². The average molecular weight is 310 g/mol. The number of carbonyl (C=O) groups is 1. The summed E-state index contributed by atoms with van der Waals surface area (Å²) < 4.78 is 22.8. The van der Waals surface area contributed by atoms with E-state index >= 15 is 0 Å². The molecule has 1 amide bonds. The van der Waals surface area contributed by atoms with Crippen LogP contribution in [0.4, 0.5) is 0 Å². The second-order valence-electron chi connectivity index (χ2n) is 6.09. The number of rotatable bonds is 2. The Morgan fingerprint density at radius 2 is 1.95 bits per heavy atom. The van der Waals surface area contributed by atoms with Crippen molar-refractivity contribution in [3.05, 3.63) is 29.8 Å². The first-order chi connectivity index (χ1) is 9.70. The summed E-state index contributed by atoms with van der Waals surface area (Å²) in [6.07, 6.45) is 1.10. The molecule has 0 bridgehead atoms. The van der Waals surface area contributed by atoms with E-state index in [4.69, 9.17) is 5.14 Å². The Balaban J connectivity index is 2.31. The van der Waals surface area contributed by atoms with Crippen LogP contribution in [0.2, 0.25) is 0 Å². The van der Waals surface area contributed by atoms with Gasteiger partial charge in [0.25, 0.3) is 5.91 Å². The van der Waals surface area contributed by atoms with E-state index in [9.17, 15) is 13.2 Å². The maximum Gasteiger partial charge on any atom is 0.254 e. The molecule has 0 spiro atoms. The van der Waals surface area contributed by atoms with E-state index in [1.54, 1.807) is 12.1 Å². The lowest BCUT2D eigenvalue weighted by Gasteiger charge is -2.41. The summed E-state index contributed by atoms with van der Waals surface area (Å²) in [6, 6.07) is 6.08. The Kier molecular flexibility index (Phi) is 4.39. The van der Waals surface area contributed by atoms with Crippen molar-refractivity contribution in [3.8, 4) is 0 Å². The fourth-order valence-electron chi connectivity index (χ4n) is 2.96. The molecule has 1 fully saturated rings. The first-order valence-electron chi connectivity index (χ1n) is 7.14. The highest BCUT2D eigenvalue weighted by Crippen LogP contribution is 2.28. The number of likely N-dealkylation sites (tertiary alicyclic amines) is 1. The minimum atomic E-state index is -3.80. The first kappa shape index (κ1) is 16.0. The zero-order valence-electron chi connectivity index (χ0n) is 12.6. The van der Waals surface area contributed by atoms with Gasteiger partial charge in [0, 0.05) is 18.2 Å². The zero-order valence-corrected chi connectivity index (χ0v) is 13.4. The molecule has 1 aromatic carbocycles. The van der Waals surface area contributed by atoms with Gasteiger partial charge in [-0.05, 0) is 43.4 Å². The smallest absolute Gasteiger partial charge is 0.254 e. The number of sulfonamides is 1. The molecule has 1 heterocycles. The van der Waals surface area contributed by atoms with Crippen molar-refractivity contribution in [2.75, 3.05) is 6.54 Å². The van der Waals surface area contributed by atoms with Crippen LogP contribution in [0.3, 0.4) is 0 Å². The lowest BCUT2D eigenvalue weighted by Crippen LogP contribution is -2.48. The van der Waals surface area contributed by atoms with Crippen molar-refractivity contribution in [1.82, 2.24) is 4.90 Å². The molecule has 1 aromatic rings. The minimum Gasteiger partial charge on any atom is -0.335 e. The summed E-state index contributed by atoms with van der Waals surface area (Å²) >= 11 is 0. The van der Waals surface area contributed by atoms with Crippen LogP contribution in [0.1, 0.15) is 37.6 Å². The molecule has 3 atom stereocenters. The number of nitrogens with two attached hydrogens (primary N) is 1. The molecule has 0 radical (unpaired) electrons. The zero-order chi connectivity index (χ0) is 15.8. The van der Waals surface area contributed by atoms with Crippen molar-refractivity contribution < 1.29 is 13.2 Å². The fourth-order valence-corrected chi connectivity index (χ4v) is 3.51. The largest absolute Gasteiger partial charge is 0.335 e. The summed E-state index contributed by atoms with van der Waals surface area (Å²) in [5, 5.41) is 5.12. The van der Waals surface area contributed by atoms with Crippen LogP contribution in [0.5, 0.6) is 0 Å². The quantitative estimate of drug-likeness (QED) is 0.905. The molecule has 0 aliphatic carbocycles. The predicted molar refractivity (Wildman–Crippen MR) is 81.3 cm³/mol. The molecule has 1 saturated heterocycles. The van der Waals surface area contributed by atoms with Gasteiger partial charge in [0.15, 0.2) is 0 Å². The minimum absolute atomic E-state index is 0.0286. The summed E-state index contributed by atoms with van der Waals surface area (Å²) in [6.45, 7) is 7.01. The highest BCUT2D eigenvalue weighted by molar-refractivity contribution is 7.89. The van der Waals surface area contributed by atoms with Crippen molar-refractivity contribution in [2.45, 2.75) is 38.1 Å². The van der Waals surface area contributed by atoms with E-state index in [-0.39, 0.29) is 16.8 Å². The molecular weight excluding hydrogens is 288 g/mol. The monoisotopic (exact) mass is 310 g/mol. The molecule has 21 heavy (non-hydrogen) atoms. The topological polar surface area (TPSA) is 80.5 Å². The van der Waals surface area contributed by atoms with E-state index in [1.807, 2.05) is 11.8 Å². The van der Waals surface area contributed by atoms with Crippen molar-refractivity contribution >= 4 is 15.9 Å². The van der Waals surface area contributed by atoms with Gasteiger partial charge >= 0.3 is 0 Å². The molecule has 0 saturated carbocycles. The summed E-state index contributed by atoms with van der Waals surface area (Å²) in [4.78, 5) is 14.5. The molecular formula is C15H22N2O3S. The fraction of sp³-hybridized carbons (Fsp3) is 0.533. The number of benzene rings is 1. The summed E-state index contributed by atoms with van der Waals surface area (Å²) in [5.74, 6) is 0.743. The Labute approximate surface area is 126 Å². The second kappa shape index (κ2) is 5.77. The highest BCUT2D eigenvalue weighted by atomic mass is 32.2. The maximum absolute atomic E-state index is 12.7. The van der Waals surface area contributed by atoms with Crippen molar-refractivity contribution in [3.63, 3.8) is 0 Å².